The van der Waals surface area contributed by atoms with E-state index >= 15 is 0 Å². The monoisotopic (exact) mass is 360 g/mol. The number of aromatic nitrogens is 3. The molecular weight excluding hydrogens is 346 g/mol. The molecule has 1 aromatic heterocycles. The minimum atomic E-state index is -3.00. The zero-order valence-electron chi connectivity index (χ0n) is 13.6. The highest BCUT2D eigenvalue weighted by Crippen LogP contribution is 2.31. The number of nitrogens with zero attached hydrogens (tertiary/aromatic N) is 3. The van der Waals surface area contributed by atoms with Gasteiger partial charge in [0.15, 0.2) is 11.5 Å². The molecule has 0 aliphatic heterocycles. The van der Waals surface area contributed by atoms with Crippen molar-refractivity contribution in [3.05, 3.63) is 60.7 Å². The molecule has 0 atom stereocenters. The summed E-state index contributed by atoms with van der Waals surface area (Å²) in [5, 5.41) is 6.62. The number of carbonyl (C=O) groups is 1. The molecule has 0 fully saturated rings. The second-order valence-corrected chi connectivity index (χ2v) is 5.09. The van der Waals surface area contributed by atoms with Crippen LogP contribution in [0.5, 0.6) is 11.5 Å². The molecule has 1 N–H and O–H groups in total. The highest BCUT2D eigenvalue weighted by atomic mass is 19.3. The van der Waals surface area contributed by atoms with E-state index in [1.54, 1.807) is 28.9 Å². The van der Waals surface area contributed by atoms with Crippen LogP contribution in [0.15, 0.2) is 55.1 Å². The van der Waals surface area contributed by atoms with Crippen molar-refractivity contribution in [1.29, 1.82) is 0 Å². The highest BCUT2D eigenvalue weighted by molar-refractivity contribution is 6.04. The van der Waals surface area contributed by atoms with E-state index in [0.717, 1.165) is 5.69 Å². The molecule has 0 radical (unpaired) electrons. The molecule has 0 unspecified atom stereocenters. The number of ether oxygens (including phenoxy) is 2. The van der Waals surface area contributed by atoms with Crippen molar-refractivity contribution in [2.45, 2.75) is 6.61 Å². The predicted octanol–water partition coefficient (Wildman–Crippen LogP) is 3.13. The average molecular weight is 360 g/mol. The third kappa shape index (κ3) is 3.94. The normalized spacial score (nSPS) is 10.6. The maximum absolute atomic E-state index is 12.5. The average Bonchev–Trinajstić information content (AvgIpc) is 3.16. The summed E-state index contributed by atoms with van der Waals surface area (Å²) in [5.41, 5.74) is 1.43. The van der Waals surface area contributed by atoms with Crippen molar-refractivity contribution in [3.63, 3.8) is 0 Å². The number of anilines is 1. The first kappa shape index (κ1) is 17.3. The molecular formula is C17H14F2N4O3. The first-order chi connectivity index (χ1) is 12.6. The highest BCUT2D eigenvalue weighted by Gasteiger charge is 2.13. The lowest BCUT2D eigenvalue weighted by Crippen LogP contribution is -2.12. The Morgan fingerprint density at radius 1 is 1.15 bits per heavy atom. The van der Waals surface area contributed by atoms with Crippen molar-refractivity contribution in [2.75, 3.05) is 12.4 Å². The summed E-state index contributed by atoms with van der Waals surface area (Å²) in [6.45, 7) is -3.00. The van der Waals surface area contributed by atoms with Gasteiger partial charge in [-0.1, -0.05) is 0 Å². The van der Waals surface area contributed by atoms with Crippen LogP contribution in [-0.4, -0.2) is 34.4 Å². The Labute approximate surface area is 147 Å². The molecule has 7 nitrogen and oxygen atoms in total. The number of hydrogen-bond acceptors (Lipinski definition) is 5. The van der Waals surface area contributed by atoms with Crippen LogP contribution < -0.4 is 14.8 Å². The summed E-state index contributed by atoms with van der Waals surface area (Å²) in [5.74, 6) is -0.425. The Morgan fingerprint density at radius 2 is 1.92 bits per heavy atom. The van der Waals surface area contributed by atoms with E-state index in [4.69, 9.17) is 4.74 Å². The number of halogens is 2. The summed E-state index contributed by atoms with van der Waals surface area (Å²) in [4.78, 5) is 16.2. The third-order valence-corrected chi connectivity index (χ3v) is 3.45. The third-order valence-electron chi connectivity index (χ3n) is 3.45. The van der Waals surface area contributed by atoms with Crippen LogP contribution in [0.2, 0.25) is 0 Å². The Bertz CT molecular complexity index is 884. The molecule has 3 aromatic rings. The maximum atomic E-state index is 12.5. The number of hydrogen-bond donors (Lipinski definition) is 1. The minimum Gasteiger partial charge on any atom is -0.493 e. The van der Waals surface area contributed by atoms with Gasteiger partial charge in [0.1, 0.15) is 12.7 Å². The van der Waals surface area contributed by atoms with Gasteiger partial charge in [0.25, 0.3) is 5.91 Å². The van der Waals surface area contributed by atoms with E-state index in [9.17, 15) is 13.6 Å². The maximum Gasteiger partial charge on any atom is 0.387 e. The zero-order chi connectivity index (χ0) is 18.5. The number of alkyl halides is 2. The van der Waals surface area contributed by atoms with Gasteiger partial charge < -0.3 is 14.8 Å². The Kier molecular flexibility index (Phi) is 5.07. The molecule has 134 valence electrons. The van der Waals surface area contributed by atoms with Crippen molar-refractivity contribution in [2.24, 2.45) is 0 Å². The van der Waals surface area contributed by atoms with Crippen molar-refractivity contribution in [3.8, 4) is 17.2 Å². The molecule has 0 saturated heterocycles. The van der Waals surface area contributed by atoms with Gasteiger partial charge in [-0.2, -0.15) is 13.9 Å². The molecule has 0 spiro atoms. The Hall–Kier alpha value is -3.49. The Balaban J connectivity index is 1.75. The van der Waals surface area contributed by atoms with E-state index in [0.29, 0.717) is 11.3 Å². The number of amides is 1. The largest absolute Gasteiger partial charge is 0.493 e. The second-order valence-electron chi connectivity index (χ2n) is 5.09. The van der Waals surface area contributed by atoms with Gasteiger partial charge in [-0.3, -0.25) is 4.79 Å². The van der Waals surface area contributed by atoms with Crippen molar-refractivity contribution in [1.82, 2.24) is 14.8 Å². The summed E-state index contributed by atoms with van der Waals surface area (Å²) >= 11 is 0. The van der Waals surface area contributed by atoms with Gasteiger partial charge in [0.2, 0.25) is 0 Å². The quantitative estimate of drug-likeness (QED) is 0.731. The smallest absolute Gasteiger partial charge is 0.387 e. The predicted molar refractivity (Wildman–Crippen MR) is 88.9 cm³/mol. The summed E-state index contributed by atoms with van der Waals surface area (Å²) in [7, 11) is 1.34. The first-order valence-corrected chi connectivity index (χ1v) is 7.46. The molecule has 2 aromatic carbocycles. The summed E-state index contributed by atoms with van der Waals surface area (Å²) < 4.78 is 35.9. The van der Waals surface area contributed by atoms with Gasteiger partial charge in [0.05, 0.1) is 12.8 Å². The number of carbonyl (C=O) groups excluding carboxylic acids is 1. The zero-order valence-corrected chi connectivity index (χ0v) is 13.6. The first-order valence-electron chi connectivity index (χ1n) is 7.46. The fourth-order valence-corrected chi connectivity index (χ4v) is 2.25. The van der Waals surface area contributed by atoms with Gasteiger partial charge in [-0.15, -0.1) is 0 Å². The molecule has 26 heavy (non-hydrogen) atoms. The van der Waals surface area contributed by atoms with E-state index in [-0.39, 0.29) is 11.5 Å². The standard InChI is InChI=1S/C17H14F2N4O3/c1-25-14-7-4-12(8-15(14)26-17(18)19)22-16(24)11-2-5-13(6-3-11)23-10-20-9-21-23/h2-10,17H,1H3,(H,22,24). The van der Waals surface area contributed by atoms with E-state index in [1.807, 2.05) is 0 Å². The number of nitrogens with one attached hydrogen (secondary N) is 1. The molecule has 0 aliphatic carbocycles. The van der Waals surface area contributed by atoms with Gasteiger partial charge in [0, 0.05) is 17.3 Å². The lowest BCUT2D eigenvalue weighted by atomic mass is 10.2. The fraction of sp³-hybridized carbons (Fsp3) is 0.118. The lowest BCUT2D eigenvalue weighted by molar-refractivity contribution is -0.0511. The summed E-state index contributed by atoms with van der Waals surface area (Å²) in [6, 6.07) is 10.9. The van der Waals surface area contributed by atoms with Crippen molar-refractivity contribution < 1.29 is 23.0 Å². The van der Waals surface area contributed by atoms with Crippen LogP contribution in [0.25, 0.3) is 5.69 Å². The molecule has 1 heterocycles. The lowest BCUT2D eigenvalue weighted by Gasteiger charge is -2.12. The van der Waals surface area contributed by atoms with Crippen LogP contribution in [0, 0.1) is 0 Å². The molecule has 3 rings (SSSR count). The second kappa shape index (κ2) is 7.60. The fourth-order valence-electron chi connectivity index (χ4n) is 2.25. The number of rotatable bonds is 6. The van der Waals surface area contributed by atoms with Crippen LogP contribution in [-0.2, 0) is 0 Å². The van der Waals surface area contributed by atoms with Crippen LogP contribution in [0.3, 0.4) is 0 Å². The van der Waals surface area contributed by atoms with Crippen LogP contribution in [0.1, 0.15) is 10.4 Å². The molecule has 0 saturated carbocycles. The van der Waals surface area contributed by atoms with Crippen LogP contribution >= 0.6 is 0 Å². The van der Waals surface area contributed by atoms with Gasteiger partial charge >= 0.3 is 6.61 Å². The van der Waals surface area contributed by atoms with Crippen molar-refractivity contribution >= 4 is 11.6 Å². The SMILES string of the molecule is COc1ccc(NC(=O)c2ccc(-n3cncn3)cc2)cc1OC(F)F. The number of methoxy groups -OCH3 is 1. The topological polar surface area (TPSA) is 78.3 Å². The van der Waals surface area contributed by atoms with E-state index < -0.39 is 12.5 Å². The minimum absolute atomic E-state index is 0.139. The molecule has 0 aliphatic rings. The van der Waals surface area contributed by atoms with Crippen LogP contribution in [0.4, 0.5) is 14.5 Å². The Morgan fingerprint density at radius 3 is 2.54 bits per heavy atom. The molecule has 1 amide bonds. The van der Waals surface area contributed by atoms with E-state index in [1.165, 1.54) is 38.0 Å². The molecule has 0 bridgehead atoms. The van der Waals surface area contributed by atoms with E-state index in [2.05, 4.69) is 20.1 Å². The number of benzene rings is 2. The summed E-state index contributed by atoms with van der Waals surface area (Å²) in [6.07, 6.45) is 2.94. The molecule has 9 heteroatoms. The van der Waals surface area contributed by atoms with Gasteiger partial charge in [-0.25, -0.2) is 9.67 Å². The van der Waals surface area contributed by atoms with Gasteiger partial charge in [-0.05, 0) is 36.4 Å².